The molecule has 1 aromatic carbocycles. The third-order valence-corrected chi connectivity index (χ3v) is 5.30. The predicted octanol–water partition coefficient (Wildman–Crippen LogP) is 4.51. The number of amides is 1. The first-order chi connectivity index (χ1) is 10.6. The second-order valence-electron chi connectivity index (χ2n) is 5.27. The van der Waals surface area contributed by atoms with Crippen molar-refractivity contribution in [1.29, 1.82) is 0 Å². The first-order valence-electron chi connectivity index (χ1n) is 7.15. The van der Waals surface area contributed by atoms with Crippen LogP contribution in [0.15, 0.2) is 52.4 Å². The SMILES string of the molecule is CN(Cc1ccc(Br)s1)C(=O)CCn1ccc2ccccc21. The van der Waals surface area contributed by atoms with Crippen molar-refractivity contribution >= 4 is 44.1 Å². The van der Waals surface area contributed by atoms with Crippen LogP contribution >= 0.6 is 27.3 Å². The molecule has 0 fully saturated rings. The number of benzene rings is 1. The van der Waals surface area contributed by atoms with Gasteiger partial charge in [0.15, 0.2) is 0 Å². The summed E-state index contributed by atoms with van der Waals surface area (Å²) in [4.78, 5) is 15.3. The van der Waals surface area contributed by atoms with E-state index in [1.54, 1.807) is 16.2 Å². The van der Waals surface area contributed by atoms with E-state index in [0.717, 1.165) is 3.79 Å². The zero-order valence-electron chi connectivity index (χ0n) is 12.3. The summed E-state index contributed by atoms with van der Waals surface area (Å²) in [6, 6.07) is 14.4. The summed E-state index contributed by atoms with van der Waals surface area (Å²) in [6.07, 6.45) is 2.57. The lowest BCUT2D eigenvalue weighted by Crippen LogP contribution is -2.26. The Balaban J connectivity index is 1.59. The molecule has 2 aromatic heterocycles. The normalized spacial score (nSPS) is 11.0. The number of aryl methyl sites for hydroxylation is 1. The maximum absolute atomic E-state index is 12.3. The lowest BCUT2D eigenvalue weighted by Gasteiger charge is -2.16. The number of thiophene rings is 1. The van der Waals surface area contributed by atoms with Crippen LogP contribution in [-0.4, -0.2) is 22.4 Å². The van der Waals surface area contributed by atoms with Crippen molar-refractivity contribution in [3.63, 3.8) is 0 Å². The molecule has 3 nitrogen and oxygen atoms in total. The first kappa shape index (κ1) is 15.3. The number of carbonyl (C=O) groups excluding carboxylic acids is 1. The Bertz CT molecular complexity index is 793. The zero-order chi connectivity index (χ0) is 15.5. The average molecular weight is 377 g/mol. The van der Waals surface area contributed by atoms with E-state index in [1.807, 2.05) is 31.4 Å². The van der Waals surface area contributed by atoms with Gasteiger partial charge in [0.05, 0.1) is 10.3 Å². The number of nitrogens with zero attached hydrogens (tertiary/aromatic N) is 2. The number of fused-ring (bicyclic) bond motifs is 1. The Morgan fingerprint density at radius 3 is 2.82 bits per heavy atom. The number of rotatable bonds is 5. The number of hydrogen-bond acceptors (Lipinski definition) is 2. The van der Waals surface area contributed by atoms with Crippen molar-refractivity contribution in [1.82, 2.24) is 9.47 Å². The average Bonchev–Trinajstić information content (AvgIpc) is 3.11. The molecule has 0 atom stereocenters. The van der Waals surface area contributed by atoms with Gasteiger partial charge in [-0.15, -0.1) is 11.3 Å². The largest absolute Gasteiger partial charge is 0.347 e. The lowest BCUT2D eigenvalue weighted by atomic mass is 10.2. The van der Waals surface area contributed by atoms with Crippen LogP contribution < -0.4 is 0 Å². The van der Waals surface area contributed by atoms with Crippen molar-refractivity contribution < 1.29 is 4.79 Å². The maximum atomic E-state index is 12.3. The maximum Gasteiger partial charge on any atom is 0.224 e. The molecule has 0 saturated heterocycles. The molecule has 3 rings (SSSR count). The van der Waals surface area contributed by atoms with Gasteiger partial charge in [0.2, 0.25) is 5.91 Å². The Labute approximate surface area is 142 Å². The third kappa shape index (κ3) is 3.42. The molecule has 5 heteroatoms. The van der Waals surface area contributed by atoms with E-state index in [0.29, 0.717) is 19.5 Å². The van der Waals surface area contributed by atoms with Crippen LogP contribution in [0.1, 0.15) is 11.3 Å². The fourth-order valence-corrected chi connectivity index (χ4v) is 4.04. The van der Waals surface area contributed by atoms with E-state index < -0.39 is 0 Å². The molecule has 0 aliphatic heterocycles. The fourth-order valence-electron chi connectivity index (χ4n) is 2.50. The minimum Gasteiger partial charge on any atom is -0.347 e. The van der Waals surface area contributed by atoms with E-state index in [1.165, 1.54) is 15.8 Å². The molecule has 1 amide bonds. The van der Waals surface area contributed by atoms with Gasteiger partial charge in [-0.3, -0.25) is 4.79 Å². The summed E-state index contributed by atoms with van der Waals surface area (Å²) < 4.78 is 3.24. The molecule has 22 heavy (non-hydrogen) atoms. The molecule has 3 aromatic rings. The van der Waals surface area contributed by atoms with E-state index >= 15 is 0 Å². The van der Waals surface area contributed by atoms with Gasteiger partial charge in [0.1, 0.15) is 0 Å². The van der Waals surface area contributed by atoms with E-state index in [9.17, 15) is 4.79 Å². The van der Waals surface area contributed by atoms with Crippen LogP contribution in [0, 0.1) is 0 Å². The van der Waals surface area contributed by atoms with Gasteiger partial charge in [-0.1, -0.05) is 18.2 Å². The van der Waals surface area contributed by atoms with Crippen LogP contribution in [0.25, 0.3) is 10.9 Å². The Kier molecular flexibility index (Phi) is 4.64. The topological polar surface area (TPSA) is 25.2 Å². The highest BCUT2D eigenvalue weighted by Crippen LogP contribution is 2.23. The summed E-state index contributed by atoms with van der Waals surface area (Å²) in [6.45, 7) is 1.38. The second-order valence-corrected chi connectivity index (χ2v) is 7.82. The molecule has 0 aliphatic rings. The van der Waals surface area contributed by atoms with Gasteiger partial charge in [-0.05, 0) is 45.6 Å². The summed E-state index contributed by atoms with van der Waals surface area (Å²) in [7, 11) is 1.86. The van der Waals surface area contributed by atoms with Crippen molar-refractivity contribution in [2.75, 3.05) is 7.05 Å². The monoisotopic (exact) mass is 376 g/mol. The number of carbonyl (C=O) groups is 1. The molecule has 114 valence electrons. The highest BCUT2D eigenvalue weighted by molar-refractivity contribution is 9.11. The lowest BCUT2D eigenvalue weighted by molar-refractivity contribution is -0.130. The molecule has 0 spiro atoms. The molecule has 0 aliphatic carbocycles. The molecule has 2 heterocycles. The quantitative estimate of drug-likeness (QED) is 0.642. The van der Waals surface area contributed by atoms with Crippen molar-refractivity contribution in [3.8, 4) is 0 Å². The van der Waals surface area contributed by atoms with Crippen LogP contribution in [0.2, 0.25) is 0 Å². The van der Waals surface area contributed by atoms with Crippen LogP contribution in [-0.2, 0) is 17.9 Å². The van der Waals surface area contributed by atoms with Gasteiger partial charge in [-0.2, -0.15) is 0 Å². The van der Waals surface area contributed by atoms with Crippen molar-refractivity contribution in [3.05, 3.63) is 57.3 Å². The predicted molar refractivity (Wildman–Crippen MR) is 95.0 cm³/mol. The van der Waals surface area contributed by atoms with Crippen LogP contribution in [0.3, 0.4) is 0 Å². The van der Waals surface area contributed by atoms with Crippen molar-refractivity contribution in [2.24, 2.45) is 0 Å². The summed E-state index contributed by atoms with van der Waals surface area (Å²) in [5.41, 5.74) is 1.18. The fraction of sp³-hybridized carbons (Fsp3) is 0.235. The minimum absolute atomic E-state index is 0.169. The molecule has 0 N–H and O–H groups in total. The Morgan fingerprint density at radius 1 is 1.23 bits per heavy atom. The van der Waals surface area contributed by atoms with E-state index in [2.05, 4.69) is 44.8 Å². The van der Waals surface area contributed by atoms with Gasteiger partial charge in [-0.25, -0.2) is 0 Å². The number of hydrogen-bond donors (Lipinski definition) is 0. The second kappa shape index (κ2) is 6.67. The molecule has 0 radical (unpaired) electrons. The van der Waals surface area contributed by atoms with Crippen LogP contribution in [0.4, 0.5) is 0 Å². The van der Waals surface area contributed by atoms with Gasteiger partial charge in [0, 0.05) is 36.6 Å². The Morgan fingerprint density at radius 2 is 2.05 bits per heavy atom. The number of aromatic nitrogens is 1. The third-order valence-electron chi connectivity index (χ3n) is 3.69. The highest BCUT2D eigenvalue weighted by atomic mass is 79.9. The minimum atomic E-state index is 0.169. The van der Waals surface area contributed by atoms with E-state index in [4.69, 9.17) is 0 Å². The molecular weight excluding hydrogens is 360 g/mol. The standard InChI is InChI=1S/C17H17BrN2OS/c1-19(12-14-6-7-16(18)22-14)17(21)9-11-20-10-8-13-4-2-3-5-15(13)20/h2-8,10H,9,11-12H2,1H3. The first-order valence-corrected chi connectivity index (χ1v) is 8.76. The van der Waals surface area contributed by atoms with Crippen molar-refractivity contribution in [2.45, 2.75) is 19.5 Å². The number of para-hydroxylation sites is 1. The highest BCUT2D eigenvalue weighted by Gasteiger charge is 2.11. The summed E-state index contributed by atoms with van der Waals surface area (Å²) >= 11 is 5.12. The zero-order valence-corrected chi connectivity index (χ0v) is 14.7. The van der Waals surface area contributed by atoms with Crippen LogP contribution in [0.5, 0.6) is 0 Å². The van der Waals surface area contributed by atoms with Gasteiger partial charge in [0.25, 0.3) is 0 Å². The summed E-state index contributed by atoms with van der Waals surface area (Å²) in [5, 5.41) is 1.21. The summed E-state index contributed by atoms with van der Waals surface area (Å²) in [5.74, 6) is 0.169. The van der Waals surface area contributed by atoms with Gasteiger partial charge < -0.3 is 9.47 Å². The number of halogens is 1. The van der Waals surface area contributed by atoms with Gasteiger partial charge >= 0.3 is 0 Å². The van der Waals surface area contributed by atoms with E-state index in [-0.39, 0.29) is 5.91 Å². The molecule has 0 unspecified atom stereocenters. The smallest absolute Gasteiger partial charge is 0.224 e. The molecular formula is C17H17BrN2OS. The molecule has 0 saturated carbocycles. The molecule has 0 bridgehead atoms. The Hall–Kier alpha value is -1.59.